The van der Waals surface area contributed by atoms with E-state index in [9.17, 15) is 18.0 Å². The predicted molar refractivity (Wildman–Crippen MR) is 141 cm³/mol. The minimum Gasteiger partial charge on any atom is -0.484 e. The van der Waals surface area contributed by atoms with Gasteiger partial charge in [0.1, 0.15) is 5.75 Å². The highest BCUT2D eigenvalue weighted by molar-refractivity contribution is 7.89. The maximum absolute atomic E-state index is 13.0. The molecule has 9 nitrogen and oxygen atoms in total. The minimum atomic E-state index is -3.66. The van der Waals surface area contributed by atoms with Crippen LogP contribution in [0.5, 0.6) is 5.75 Å². The lowest BCUT2D eigenvalue weighted by molar-refractivity contribution is -0.132. The van der Waals surface area contributed by atoms with Crippen molar-refractivity contribution in [1.82, 2.24) is 14.6 Å². The van der Waals surface area contributed by atoms with Crippen LogP contribution in [0, 0.1) is 12.8 Å². The number of rotatable bonds is 8. The van der Waals surface area contributed by atoms with E-state index in [1.54, 1.807) is 43.3 Å². The molecule has 1 atom stereocenters. The van der Waals surface area contributed by atoms with E-state index in [1.165, 1.54) is 4.31 Å². The van der Waals surface area contributed by atoms with Crippen molar-refractivity contribution in [2.24, 2.45) is 11.0 Å². The summed E-state index contributed by atoms with van der Waals surface area (Å²) in [6, 6.07) is 13.9. The van der Waals surface area contributed by atoms with E-state index in [2.05, 4.69) is 10.5 Å². The number of ether oxygens (including phenoxy) is 1. The van der Waals surface area contributed by atoms with E-state index in [1.807, 2.05) is 24.0 Å². The Morgan fingerprint density at radius 2 is 1.68 bits per heavy atom. The molecule has 2 aliphatic heterocycles. The number of aryl methyl sites for hydroxylation is 1. The lowest BCUT2D eigenvalue weighted by Crippen LogP contribution is -2.44. The Morgan fingerprint density at radius 3 is 2.35 bits per heavy atom. The summed E-state index contributed by atoms with van der Waals surface area (Å²) in [5.74, 6) is -0.196. The quantitative estimate of drug-likeness (QED) is 0.420. The molecular formula is C27H34N4O5S. The number of carbonyl (C=O) groups excluding carboxylic acids is 2. The van der Waals surface area contributed by atoms with E-state index in [0.717, 1.165) is 37.1 Å². The molecule has 0 aromatic heterocycles. The van der Waals surface area contributed by atoms with Crippen LogP contribution in [-0.2, 0) is 19.6 Å². The van der Waals surface area contributed by atoms with Gasteiger partial charge in [-0.05, 0) is 81.5 Å². The minimum absolute atomic E-state index is 0.00465. The Labute approximate surface area is 218 Å². The molecule has 1 N–H and O–H groups in total. The third-order valence-corrected chi connectivity index (χ3v) is 8.72. The van der Waals surface area contributed by atoms with E-state index in [4.69, 9.17) is 4.74 Å². The summed E-state index contributed by atoms with van der Waals surface area (Å²) < 4.78 is 33.1. The maximum atomic E-state index is 13.0. The monoisotopic (exact) mass is 526 g/mol. The molecular weight excluding hydrogens is 492 g/mol. The van der Waals surface area contributed by atoms with Crippen LogP contribution >= 0.6 is 0 Å². The van der Waals surface area contributed by atoms with Crippen LogP contribution in [0.25, 0.3) is 0 Å². The van der Waals surface area contributed by atoms with Gasteiger partial charge >= 0.3 is 0 Å². The Kier molecular flexibility index (Phi) is 8.60. The van der Waals surface area contributed by atoms with Gasteiger partial charge in [-0.2, -0.15) is 9.41 Å². The number of amides is 2. The van der Waals surface area contributed by atoms with Crippen molar-refractivity contribution >= 4 is 27.5 Å². The van der Waals surface area contributed by atoms with Gasteiger partial charge in [0, 0.05) is 26.2 Å². The number of nitrogens with one attached hydrogen (secondary N) is 1. The Balaban J connectivity index is 1.30. The van der Waals surface area contributed by atoms with Crippen LogP contribution in [0.1, 0.15) is 43.7 Å². The first-order chi connectivity index (χ1) is 17.7. The van der Waals surface area contributed by atoms with Gasteiger partial charge in [-0.25, -0.2) is 13.8 Å². The van der Waals surface area contributed by atoms with Crippen molar-refractivity contribution in [2.45, 2.75) is 44.4 Å². The number of likely N-dealkylation sites (tertiary alicyclic amines) is 1. The van der Waals surface area contributed by atoms with E-state index in [0.29, 0.717) is 30.8 Å². The fraction of sp³-hybridized carbons (Fsp3) is 0.444. The summed E-state index contributed by atoms with van der Waals surface area (Å²) in [5, 5.41) is 4.23. The third kappa shape index (κ3) is 6.75. The standard InChI is InChI=1S/C27H34N4O5S/c1-20-7-13-25(14-8-20)37(34,35)31-17-5-6-23(18-31)27(33)29-28-21(2)22-9-11-24(12-10-22)36-19-26(32)30-15-3-4-16-30/h7-14,23H,3-6,15-19H2,1-2H3,(H,29,33)/b28-21-. The van der Waals surface area contributed by atoms with E-state index in [-0.39, 0.29) is 29.9 Å². The number of hydrogen-bond acceptors (Lipinski definition) is 6. The Morgan fingerprint density at radius 1 is 1.00 bits per heavy atom. The molecule has 2 heterocycles. The lowest BCUT2D eigenvalue weighted by atomic mass is 9.99. The second kappa shape index (κ2) is 11.9. The van der Waals surface area contributed by atoms with Gasteiger partial charge in [-0.1, -0.05) is 17.7 Å². The topological polar surface area (TPSA) is 108 Å². The van der Waals surface area contributed by atoms with Gasteiger partial charge < -0.3 is 9.64 Å². The molecule has 10 heteroatoms. The summed E-state index contributed by atoms with van der Waals surface area (Å²) in [7, 11) is -3.66. The Hall–Kier alpha value is -3.24. The summed E-state index contributed by atoms with van der Waals surface area (Å²) in [4.78, 5) is 27.0. The molecule has 2 aromatic carbocycles. The zero-order valence-electron chi connectivity index (χ0n) is 21.4. The molecule has 2 amide bonds. The number of hydrogen-bond donors (Lipinski definition) is 1. The third-order valence-electron chi connectivity index (χ3n) is 6.84. The van der Waals surface area contributed by atoms with Crippen molar-refractivity contribution < 1.29 is 22.7 Å². The van der Waals surface area contributed by atoms with Gasteiger partial charge in [-0.15, -0.1) is 0 Å². The summed E-state index contributed by atoms with van der Waals surface area (Å²) >= 11 is 0. The molecule has 0 spiro atoms. The fourth-order valence-electron chi connectivity index (χ4n) is 4.52. The molecule has 1 unspecified atom stereocenters. The highest BCUT2D eigenvalue weighted by Crippen LogP contribution is 2.24. The molecule has 198 valence electrons. The molecule has 0 aliphatic carbocycles. The van der Waals surface area contributed by atoms with Crippen LogP contribution in [0.3, 0.4) is 0 Å². The number of sulfonamides is 1. The van der Waals surface area contributed by atoms with Crippen molar-refractivity contribution in [3.05, 3.63) is 59.7 Å². The number of hydrazone groups is 1. The smallest absolute Gasteiger partial charge is 0.260 e. The van der Waals surface area contributed by atoms with Crippen LogP contribution in [0.4, 0.5) is 0 Å². The highest BCUT2D eigenvalue weighted by Gasteiger charge is 2.33. The molecule has 2 aliphatic rings. The van der Waals surface area contributed by atoms with Crippen LogP contribution < -0.4 is 10.2 Å². The van der Waals surface area contributed by atoms with Gasteiger partial charge in [-0.3, -0.25) is 9.59 Å². The molecule has 2 saturated heterocycles. The second-order valence-corrected chi connectivity index (χ2v) is 11.5. The molecule has 0 bridgehead atoms. The lowest BCUT2D eigenvalue weighted by Gasteiger charge is -2.30. The van der Waals surface area contributed by atoms with Gasteiger partial charge in [0.15, 0.2) is 6.61 Å². The molecule has 0 radical (unpaired) electrons. The maximum Gasteiger partial charge on any atom is 0.260 e. The van der Waals surface area contributed by atoms with Crippen LogP contribution in [-0.4, -0.2) is 67.9 Å². The molecule has 2 aromatic rings. The van der Waals surface area contributed by atoms with Gasteiger partial charge in [0.2, 0.25) is 15.9 Å². The normalized spacial score (nSPS) is 19.0. The van der Waals surface area contributed by atoms with Crippen LogP contribution in [0.2, 0.25) is 0 Å². The number of piperidine rings is 1. The van der Waals surface area contributed by atoms with E-state index < -0.39 is 15.9 Å². The number of carbonyl (C=O) groups is 2. The van der Waals surface area contributed by atoms with Crippen molar-refractivity contribution in [1.29, 1.82) is 0 Å². The first-order valence-electron chi connectivity index (χ1n) is 12.7. The van der Waals surface area contributed by atoms with Crippen molar-refractivity contribution in [2.75, 3.05) is 32.8 Å². The number of nitrogens with zero attached hydrogens (tertiary/aromatic N) is 3. The molecule has 4 rings (SSSR count). The zero-order valence-corrected chi connectivity index (χ0v) is 22.2. The van der Waals surface area contributed by atoms with Crippen molar-refractivity contribution in [3.63, 3.8) is 0 Å². The summed E-state index contributed by atoms with van der Waals surface area (Å²) in [6.45, 7) is 5.80. The second-order valence-electron chi connectivity index (χ2n) is 9.59. The van der Waals surface area contributed by atoms with Gasteiger partial charge in [0.25, 0.3) is 5.91 Å². The number of benzene rings is 2. The largest absolute Gasteiger partial charge is 0.484 e. The van der Waals surface area contributed by atoms with E-state index >= 15 is 0 Å². The van der Waals surface area contributed by atoms with Crippen molar-refractivity contribution in [3.8, 4) is 5.75 Å². The average molecular weight is 527 g/mol. The molecule has 2 fully saturated rings. The first kappa shape index (κ1) is 26.8. The van der Waals surface area contributed by atoms with Gasteiger partial charge in [0.05, 0.1) is 16.5 Å². The summed E-state index contributed by atoms with van der Waals surface area (Å²) in [5.41, 5.74) is 4.99. The van der Waals surface area contributed by atoms with Crippen LogP contribution in [0.15, 0.2) is 58.5 Å². The predicted octanol–water partition coefficient (Wildman–Crippen LogP) is 2.94. The Bertz CT molecular complexity index is 1240. The summed E-state index contributed by atoms with van der Waals surface area (Å²) in [6.07, 6.45) is 3.29. The molecule has 37 heavy (non-hydrogen) atoms. The first-order valence-corrected chi connectivity index (χ1v) is 14.1. The zero-order chi connectivity index (χ0) is 26.4. The fourth-order valence-corrected chi connectivity index (χ4v) is 6.05. The SMILES string of the molecule is C/C(=N/NC(=O)C1CCCN(S(=O)(=O)c2ccc(C)cc2)C1)c1ccc(OCC(=O)N2CCCC2)cc1. The highest BCUT2D eigenvalue weighted by atomic mass is 32.2. The average Bonchev–Trinajstić information content (AvgIpc) is 3.46. The molecule has 0 saturated carbocycles.